The lowest BCUT2D eigenvalue weighted by atomic mass is 9.93. The van der Waals surface area contributed by atoms with Crippen LogP contribution >= 0.6 is 11.8 Å². The highest BCUT2D eigenvalue weighted by atomic mass is 32.2. The van der Waals surface area contributed by atoms with Crippen LogP contribution in [0.2, 0.25) is 0 Å². The third-order valence-electron chi connectivity index (χ3n) is 3.68. The van der Waals surface area contributed by atoms with Crippen molar-refractivity contribution in [3.05, 3.63) is 0 Å². The Kier molecular flexibility index (Phi) is 5.80. The molecule has 0 aliphatic carbocycles. The second kappa shape index (κ2) is 6.64. The van der Waals surface area contributed by atoms with Crippen molar-refractivity contribution < 1.29 is 9.90 Å². The molecule has 2 N–H and O–H groups in total. The topological polar surface area (TPSA) is 49.3 Å². The lowest BCUT2D eigenvalue weighted by Crippen LogP contribution is -2.45. The average molecular weight is 259 g/mol. The molecule has 1 fully saturated rings. The van der Waals surface area contributed by atoms with Crippen molar-refractivity contribution in [2.45, 2.75) is 45.6 Å². The zero-order valence-corrected chi connectivity index (χ0v) is 12.0. The van der Waals surface area contributed by atoms with E-state index in [1.807, 2.05) is 11.8 Å². The highest BCUT2D eigenvalue weighted by Gasteiger charge is 2.29. The Bertz CT molecular complexity index is 250. The summed E-state index contributed by atoms with van der Waals surface area (Å²) >= 11 is 1.87. The summed E-state index contributed by atoms with van der Waals surface area (Å²) in [4.78, 5) is 11.7. The molecular weight excluding hydrogens is 234 g/mol. The largest absolute Gasteiger partial charge is 0.388 e. The Balaban J connectivity index is 2.27. The van der Waals surface area contributed by atoms with Crippen molar-refractivity contribution >= 4 is 17.7 Å². The van der Waals surface area contributed by atoms with Crippen molar-refractivity contribution in [3.8, 4) is 0 Å². The van der Waals surface area contributed by atoms with Gasteiger partial charge in [0.2, 0.25) is 5.91 Å². The number of amides is 1. The van der Waals surface area contributed by atoms with Gasteiger partial charge in [-0.2, -0.15) is 11.8 Å². The number of hydrogen-bond donors (Lipinski definition) is 2. The Labute approximate surface area is 109 Å². The minimum Gasteiger partial charge on any atom is -0.388 e. The van der Waals surface area contributed by atoms with Gasteiger partial charge in [0.25, 0.3) is 0 Å². The van der Waals surface area contributed by atoms with Crippen LogP contribution in [0.1, 0.15) is 40.0 Å². The first kappa shape index (κ1) is 14.8. The van der Waals surface area contributed by atoms with E-state index in [9.17, 15) is 9.90 Å². The molecule has 1 unspecified atom stereocenters. The molecule has 0 saturated carbocycles. The maximum Gasteiger partial charge on any atom is 0.220 e. The third kappa shape index (κ3) is 5.30. The van der Waals surface area contributed by atoms with E-state index in [0.29, 0.717) is 24.8 Å². The van der Waals surface area contributed by atoms with Crippen LogP contribution in [0.25, 0.3) is 0 Å². The molecule has 1 aliphatic heterocycles. The minimum absolute atomic E-state index is 0.0675. The molecule has 1 saturated heterocycles. The van der Waals surface area contributed by atoms with Crippen LogP contribution in [-0.4, -0.2) is 34.7 Å². The molecule has 0 aromatic carbocycles. The van der Waals surface area contributed by atoms with Crippen molar-refractivity contribution in [1.82, 2.24) is 5.32 Å². The Hall–Kier alpha value is -0.220. The Morgan fingerprint density at radius 2 is 1.94 bits per heavy atom. The van der Waals surface area contributed by atoms with E-state index in [1.165, 1.54) is 0 Å². The molecule has 1 rings (SSSR count). The van der Waals surface area contributed by atoms with Gasteiger partial charge in [-0.05, 0) is 36.2 Å². The van der Waals surface area contributed by atoms with Gasteiger partial charge in [-0.1, -0.05) is 20.8 Å². The SMILES string of the molecule is CC(C)C(C)CC(=O)NCC1(O)CCSCC1. The van der Waals surface area contributed by atoms with Crippen LogP contribution in [0.3, 0.4) is 0 Å². The summed E-state index contributed by atoms with van der Waals surface area (Å²) in [6, 6.07) is 0. The van der Waals surface area contributed by atoms with Gasteiger partial charge in [-0.25, -0.2) is 0 Å². The second-order valence-corrected chi connectivity index (χ2v) is 6.76. The van der Waals surface area contributed by atoms with Crippen LogP contribution in [-0.2, 0) is 4.79 Å². The molecule has 0 aromatic rings. The van der Waals surface area contributed by atoms with Gasteiger partial charge in [0, 0.05) is 13.0 Å². The summed E-state index contributed by atoms with van der Waals surface area (Å²) in [6.07, 6.45) is 2.14. The van der Waals surface area contributed by atoms with E-state index in [2.05, 4.69) is 26.1 Å². The first-order valence-electron chi connectivity index (χ1n) is 6.50. The average Bonchev–Trinajstić information content (AvgIpc) is 2.27. The highest BCUT2D eigenvalue weighted by Crippen LogP contribution is 2.26. The molecule has 100 valence electrons. The summed E-state index contributed by atoms with van der Waals surface area (Å²) in [5, 5.41) is 13.1. The number of rotatable bonds is 5. The normalized spacial score (nSPS) is 21.2. The van der Waals surface area contributed by atoms with E-state index in [0.717, 1.165) is 24.3 Å². The van der Waals surface area contributed by atoms with Gasteiger partial charge >= 0.3 is 0 Å². The molecule has 1 heterocycles. The van der Waals surface area contributed by atoms with Crippen LogP contribution in [0, 0.1) is 11.8 Å². The fourth-order valence-electron chi connectivity index (χ4n) is 1.79. The summed E-state index contributed by atoms with van der Waals surface area (Å²) in [5.41, 5.74) is -0.665. The molecule has 1 aliphatic rings. The van der Waals surface area contributed by atoms with E-state index in [1.54, 1.807) is 0 Å². The molecule has 0 aromatic heterocycles. The highest BCUT2D eigenvalue weighted by molar-refractivity contribution is 7.99. The van der Waals surface area contributed by atoms with E-state index in [-0.39, 0.29) is 5.91 Å². The molecule has 1 atom stereocenters. The summed E-state index contributed by atoms with van der Waals surface area (Å²) in [6.45, 7) is 6.76. The standard InChI is InChI=1S/C13H25NO2S/c1-10(2)11(3)8-12(15)14-9-13(16)4-6-17-7-5-13/h10-11,16H,4-9H2,1-3H3,(H,14,15). The number of hydrogen-bond acceptors (Lipinski definition) is 3. The van der Waals surface area contributed by atoms with Crippen LogP contribution in [0.15, 0.2) is 0 Å². The van der Waals surface area contributed by atoms with Crippen LogP contribution in [0.4, 0.5) is 0 Å². The van der Waals surface area contributed by atoms with Crippen molar-refractivity contribution in [1.29, 1.82) is 0 Å². The first-order chi connectivity index (χ1) is 7.93. The van der Waals surface area contributed by atoms with E-state index >= 15 is 0 Å². The molecule has 0 radical (unpaired) electrons. The van der Waals surface area contributed by atoms with Crippen molar-refractivity contribution in [3.63, 3.8) is 0 Å². The predicted molar refractivity (Wildman–Crippen MR) is 73.1 cm³/mol. The summed E-state index contributed by atoms with van der Waals surface area (Å²) in [7, 11) is 0. The predicted octanol–water partition coefficient (Wildman–Crippen LogP) is 2.04. The number of carbonyl (C=O) groups excluding carboxylic acids is 1. The maximum absolute atomic E-state index is 11.7. The molecule has 3 nitrogen and oxygen atoms in total. The molecule has 4 heteroatoms. The molecule has 17 heavy (non-hydrogen) atoms. The zero-order valence-electron chi connectivity index (χ0n) is 11.2. The van der Waals surface area contributed by atoms with Crippen LogP contribution < -0.4 is 5.32 Å². The van der Waals surface area contributed by atoms with Gasteiger partial charge in [-0.3, -0.25) is 4.79 Å². The van der Waals surface area contributed by atoms with Gasteiger partial charge in [0.15, 0.2) is 0 Å². The Morgan fingerprint density at radius 3 is 2.47 bits per heavy atom. The second-order valence-electron chi connectivity index (χ2n) is 5.54. The number of nitrogens with one attached hydrogen (secondary N) is 1. The molecule has 0 bridgehead atoms. The van der Waals surface area contributed by atoms with Crippen molar-refractivity contribution in [2.75, 3.05) is 18.1 Å². The Morgan fingerprint density at radius 1 is 1.35 bits per heavy atom. The summed E-state index contributed by atoms with van der Waals surface area (Å²) in [5.74, 6) is 2.98. The number of aliphatic hydroxyl groups is 1. The van der Waals surface area contributed by atoms with Gasteiger partial charge < -0.3 is 10.4 Å². The van der Waals surface area contributed by atoms with Gasteiger partial charge in [0.1, 0.15) is 0 Å². The maximum atomic E-state index is 11.7. The first-order valence-corrected chi connectivity index (χ1v) is 7.65. The summed E-state index contributed by atoms with van der Waals surface area (Å²) < 4.78 is 0. The third-order valence-corrected chi connectivity index (χ3v) is 4.67. The lowest BCUT2D eigenvalue weighted by Gasteiger charge is -2.32. The molecule has 0 spiro atoms. The van der Waals surface area contributed by atoms with E-state index < -0.39 is 5.60 Å². The zero-order chi connectivity index (χ0) is 12.9. The fourth-order valence-corrected chi connectivity index (χ4v) is 3.04. The van der Waals surface area contributed by atoms with Gasteiger partial charge in [-0.15, -0.1) is 0 Å². The quantitative estimate of drug-likeness (QED) is 0.794. The monoisotopic (exact) mass is 259 g/mol. The van der Waals surface area contributed by atoms with Crippen LogP contribution in [0.5, 0.6) is 0 Å². The van der Waals surface area contributed by atoms with E-state index in [4.69, 9.17) is 0 Å². The minimum atomic E-state index is -0.665. The molecular formula is C13H25NO2S. The number of carbonyl (C=O) groups is 1. The fraction of sp³-hybridized carbons (Fsp3) is 0.923. The van der Waals surface area contributed by atoms with Gasteiger partial charge in [0.05, 0.1) is 5.60 Å². The molecule has 1 amide bonds. The van der Waals surface area contributed by atoms with Crippen molar-refractivity contribution in [2.24, 2.45) is 11.8 Å². The smallest absolute Gasteiger partial charge is 0.220 e. The number of thioether (sulfide) groups is 1. The lowest BCUT2D eigenvalue weighted by molar-refractivity contribution is -0.123.